The molecular formula is C26H24F2N6O2. The Labute approximate surface area is 206 Å². The van der Waals surface area contributed by atoms with Gasteiger partial charge in [-0.25, -0.2) is 18.7 Å². The summed E-state index contributed by atoms with van der Waals surface area (Å²) in [6, 6.07) is 12.1. The van der Waals surface area contributed by atoms with Crippen LogP contribution in [0.4, 0.5) is 20.2 Å². The molecule has 2 aromatic carbocycles. The van der Waals surface area contributed by atoms with E-state index in [1.54, 1.807) is 12.1 Å². The smallest absolute Gasteiger partial charge is 0.274 e. The van der Waals surface area contributed by atoms with Crippen LogP contribution < -0.4 is 16.0 Å². The molecule has 2 aliphatic rings. The molecule has 3 aromatic rings. The van der Waals surface area contributed by atoms with Crippen molar-refractivity contribution in [2.75, 3.05) is 23.4 Å². The van der Waals surface area contributed by atoms with Gasteiger partial charge in [0.25, 0.3) is 5.91 Å². The molecule has 10 heteroatoms. The molecule has 1 aromatic heterocycles. The van der Waals surface area contributed by atoms with E-state index in [0.717, 1.165) is 30.5 Å². The largest absolute Gasteiger partial charge is 0.394 e. The van der Waals surface area contributed by atoms with Gasteiger partial charge in [0.1, 0.15) is 17.3 Å². The monoisotopic (exact) mass is 490 g/mol. The lowest BCUT2D eigenvalue weighted by Gasteiger charge is -2.28. The molecule has 5 rings (SSSR count). The van der Waals surface area contributed by atoms with Gasteiger partial charge in [-0.05, 0) is 55.2 Å². The van der Waals surface area contributed by atoms with E-state index in [1.807, 2.05) is 11.0 Å². The summed E-state index contributed by atoms with van der Waals surface area (Å²) in [7, 11) is 0. The van der Waals surface area contributed by atoms with Crippen molar-refractivity contribution in [3.05, 3.63) is 71.6 Å². The molecule has 1 saturated carbocycles. The number of nitrogens with one attached hydrogen (secondary N) is 1. The average molecular weight is 491 g/mol. The van der Waals surface area contributed by atoms with Crippen LogP contribution in [0, 0.1) is 23.0 Å². The number of carbonyl (C=O) groups excluding carboxylic acids is 1. The highest BCUT2D eigenvalue weighted by Gasteiger charge is 2.45. The van der Waals surface area contributed by atoms with E-state index in [0.29, 0.717) is 24.3 Å². The van der Waals surface area contributed by atoms with Crippen molar-refractivity contribution in [2.45, 2.75) is 36.8 Å². The second kappa shape index (κ2) is 9.26. The normalized spacial score (nSPS) is 20.1. The van der Waals surface area contributed by atoms with Crippen LogP contribution in [0.15, 0.2) is 48.7 Å². The highest BCUT2D eigenvalue weighted by molar-refractivity contribution is 6.05. The third kappa shape index (κ3) is 4.27. The number of carbonyl (C=O) groups is 1. The van der Waals surface area contributed by atoms with Gasteiger partial charge in [-0.3, -0.25) is 4.79 Å². The van der Waals surface area contributed by atoms with Crippen LogP contribution in [0.3, 0.4) is 0 Å². The summed E-state index contributed by atoms with van der Waals surface area (Å²) in [6.45, 7) is 0.361. The summed E-state index contributed by atoms with van der Waals surface area (Å²) in [5.41, 5.74) is 7.05. The molecule has 0 spiro atoms. The zero-order chi connectivity index (χ0) is 25.4. The minimum absolute atomic E-state index is 0.0785. The zero-order valence-electron chi connectivity index (χ0n) is 19.3. The van der Waals surface area contributed by atoms with Gasteiger partial charge in [0, 0.05) is 18.8 Å². The van der Waals surface area contributed by atoms with Gasteiger partial charge in [-0.2, -0.15) is 5.26 Å². The number of halogens is 2. The van der Waals surface area contributed by atoms with Gasteiger partial charge in [-0.15, -0.1) is 0 Å². The van der Waals surface area contributed by atoms with Crippen molar-refractivity contribution < 1.29 is 18.7 Å². The number of aliphatic hydroxyl groups excluding tert-OH is 1. The summed E-state index contributed by atoms with van der Waals surface area (Å²) >= 11 is 0. The van der Waals surface area contributed by atoms with Crippen LogP contribution in [-0.4, -0.2) is 46.2 Å². The van der Waals surface area contributed by atoms with Gasteiger partial charge >= 0.3 is 0 Å². The highest BCUT2D eigenvalue weighted by atomic mass is 19.1. The Bertz CT molecular complexity index is 1350. The molecule has 2 fully saturated rings. The molecule has 0 bridgehead atoms. The van der Waals surface area contributed by atoms with E-state index in [-0.39, 0.29) is 30.2 Å². The Balaban J connectivity index is 1.49. The van der Waals surface area contributed by atoms with Crippen LogP contribution in [0.2, 0.25) is 0 Å². The Kier molecular flexibility index (Phi) is 6.12. The molecule has 4 N–H and O–H groups in total. The van der Waals surface area contributed by atoms with E-state index >= 15 is 0 Å². The van der Waals surface area contributed by atoms with E-state index in [9.17, 15) is 23.9 Å². The Hall–Kier alpha value is -3.94. The lowest BCUT2D eigenvalue weighted by atomic mass is 9.96. The number of aromatic nitrogens is 2. The Morgan fingerprint density at radius 1 is 1.25 bits per heavy atom. The molecule has 0 unspecified atom stereocenters. The molecule has 1 saturated heterocycles. The molecule has 1 aliphatic carbocycles. The molecule has 1 amide bonds. The van der Waals surface area contributed by atoms with Crippen LogP contribution in [0.5, 0.6) is 0 Å². The lowest BCUT2D eigenvalue weighted by molar-refractivity contribution is 0.102. The second-order valence-electron chi connectivity index (χ2n) is 9.23. The van der Waals surface area contributed by atoms with Crippen LogP contribution in [-0.2, 0) is 5.41 Å². The van der Waals surface area contributed by atoms with Crippen LogP contribution in [0.25, 0.3) is 11.4 Å². The SMILES string of the molecule is N#CC1(c2ccc(NC(=O)c3ccnc(-c4c(F)cccc4F)n3)c(N3C[C@@H](N)C[C@H]3CO)c2)CC1. The van der Waals surface area contributed by atoms with E-state index in [1.165, 1.54) is 18.3 Å². The minimum Gasteiger partial charge on any atom is -0.394 e. The number of amides is 1. The van der Waals surface area contributed by atoms with Crippen molar-refractivity contribution in [3.63, 3.8) is 0 Å². The quantitative estimate of drug-likeness (QED) is 0.484. The maximum absolute atomic E-state index is 14.2. The van der Waals surface area contributed by atoms with Crippen molar-refractivity contribution >= 4 is 17.3 Å². The first-order valence-electron chi connectivity index (χ1n) is 11.6. The molecule has 184 valence electrons. The number of aliphatic hydroxyl groups is 1. The second-order valence-corrected chi connectivity index (χ2v) is 9.23. The van der Waals surface area contributed by atoms with Crippen molar-refractivity contribution in [1.29, 1.82) is 5.26 Å². The maximum Gasteiger partial charge on any atom is 0.274 e. The molecule has 0 radical (unpaired) electrons. The summed E-state index contributed by atoms with van der Waals surface area (Å²) in [5, 5.41) is 22.4. The number of benzene rings is 2. The summed E-state index contributed by atoms with van der Waals surface area (Å²) < 4.78 is 28.5. The van der Waals surface area contributed by atoms with Gasteiger partial charge in [-0.1, -0.05) is 12.1 Å². The highest BCUT2D eigenvalue weighted by Crippen LogP contribution is 2.49. The number of nitrogens with zero attached hydrogens (tertiary/aromatic N) is 4. The Morgan fingerprint density at radius 3 is 2.67 bits per heavy atom. The topological polar surface area (TPSA) is 128 Å². The standard InChI is InChI=1S/C26H24F2N6O2/c27-18-2-1-3-19(28)23(18)24-31-9-6-21(32-24)25(36)33-20-5-4-15(26(14-29)7-8-26)10-22(20)34-12-16(30)11-17(34)13-35/h1-6,9-10,16-17,35H,7-8,11-13,30H2,(H,33,36)/t16-,17-/m0/s1. The third-order valence-corrected chi connectivity index (χ3v) is 6.80. The van der Waals surface area contributed by atoms with Gasteiger partial charge in [0.15, 0.2) is 5.82 Å². The predicted molar refractivity (Wildman–Crippen MR) is 129 cm³/mol. The summed E-state index contributed by atoms with van der Waals surface area (Å²) in [6.07, 6.45) is 3.36. The fourth-order valence-electron chi connectivity index (χ4n) is 4.69. The fraction of sp³-hybridized carbons (Fsp3) is 0.308. The first kappa shape index (κ1) is 23.8. The lowest BCUT2D eigenvalue weighted by Crippen LogP contribution is -2.34. The molecular weight excluding hydrogens is 466 g/mol. The number of rotatable bonds is 6. The van der Waals surface area contributed by atoms with Gasteiger partial charge in [0.2, 0.25) is 0 Å². The van der Waals surface area contributed by atoms with Crippen LogP contribution >= 0.6 is 0 Å². The number of nitrogens with two attached hydrogens (primary N) is 1. The number of anilines is 2. The molecule has 36 heavy (non-hydrogen) atoms. The van der Waals surface area contributed by atoms with Gasteiger partial charge in [0.05, 0.1) is 41.1 Å². The number of hydrogen-bond acceptors (Lipinski definition) is 7. The first-order valence-corrected chi connectivity index (χ1v) is 11.6. The molecule has 2 heterocycles. The molecule has 1 aliphatic heterocycles. The first-order chi connectivity index (χ1) is 17.3. The molecule has 8 nitrogen and oxygen atoms in total. The van der Waals surface area contributed by atoms with E-state index in [4.69, 9.17) is 5.73 Å². The average Bonchev–Trinajstić information content (AvgIpc) is 3.59. The zero-order valence-corrected chi connectivity index (χ0v) is 19.3. The predicted octanol–water partition coefficient (Wildman–Crippen LogP) is 3.13. The van der Waals surface area contributed by atoms with Crippen molar-refractivity contribution in [3.8, 4) is 17.5 Å². The van der Waals surface area contributed by atoms with E-state index < -0.39 is 28.5 Å². The Morgan fingerprint density at radius 2 is 2.00 bits per heavy atom. The summed E-state index contributed by atoms with van der Waals surface area (Å²) in [5.74, 6) is -2.52. The van der Waals surface area contributed by atoms with Crippen molar-refractivity contribution in [2.24, 2.45) is 5.73 Å². The number of hydrogen-bond donors (Lipinski definition) is 3. The van der Waals surface area contributed by atoms with Gasteiger partial charge < -0.3 is 21.1 Å². The minimum atomic E-state index is -0.836. The third-order valence-electron chi connectivity index (χ3n) is 6.80. The molecule has 2 atom stereocenters. The number of nitriles is 1. The maximum atomic E-state index is 14.2. The van der Waals surface area contributed by atoms with Crippen molar-refractivity contribution in [1.82, 2.24) is 9.97 Å². The van der Waals surface area contributed by atoms with E-state index in [2.05, 4.69) is 21.4 Å². The summed E-state index contributed by atoms with van der Waals surface area (Å²) in [4.78, 5) is 23.1. The van der Waals surface area contributed by atoms with Crippen LogP contribution in [0.1, 0.15) is 35.3 Å². The fourth-order valence-corrected chi connectivity index (χ4v) is 4.69.